The smallest absolute Gasteiger partial charge is 0.356 e. The van der Waals surface area contributed by atoms with Gasteiger partial charge in [-0.3, -0.25) is 9.59 Å². The zero-order chi connectivity index (χ0) is 26.7. The molecule has 37 heavy (non-hydrogen) atoms. The van der Waals surface area contributed by atoms with Crippen molar-refractivity contribution in [3.8, 4) is 0 Å². The molecule has 1 aliphatic rings. The summed E-state index contributed by atoms with van der Waals surface area (Å²) in [6.07, 6.45) is -0.337. The summed E-state index contributed by atoms with van der Waals surface area (Å²) in [6.45, 7) is 3.83. The summed E-state index contributed by atoms with van der Waals surface area (Å²) in [6, 6.07) is 1.69. The third kappa shape index (κ3) is 6.32. The highest BCUT2D eigenvalue weighted by atomic mass is 35.5. The van der Waals surface area contributed by atoms with Crippen LogP contribution in [0.5, 0.6) is 0 Å². The van der Waals surface area contributed by atoms with E-state index in [0.717, 1.165) is 37.0 Å². The first-order valence-corrected chi connectivity index (χ1v) is 12.3. The summed E-state index contributed by atoms with van der Waals surface area (Å²) in [4.78, 5) is 43.7. The van der Waals surface area contributed by atoms with Gasteiger partial charge in [0.15, 0.2) is 0 Å². The molecule has 4 heterocycles. The van der Waals surface area contributed by atoms with Crippen LogP contribution >= 0.6 is 22.9 Å². The number of carbonyl (C=O) groups excluding carboxylic acids is 2. The van der Waals surface area contributed by atoms with Gasteiger partial charge in [-0.05, 0) is 31.9 Å². The molecule has 15 heteroatoms. The Labute approximate surface area is 218 Å². The Bertz CT molecular complexity index is 1300. The highest BCUT2D eigenvalue weighted by Gasteiger charge is 2.34. The molecule has 3 aromatic rings. The minimum Gasteiger partial charge on any atom is -0.356 e. The lowest BCUT2D eigenvalue weighted by atomic mass is 10.1. The van der Waals surface area contributed by atoms with Crippen LogP contribution in [0.1, 0.15) is 50.1 Å². The molecule has 0 aliphatic carbocycles. The number of carbonyl (C=O) groups is 2. The summed E-state index contributed by atoms with van der Waals surface area (Å²) in [5, 5.41) is 4.92. The Morgan fingerprint density at radius 1 is 1.22 bits per heavy atom. The van der Waals surface area contributed by atoms with Crippen molar-refractivity contribution in [3.63, 3.8) is 0 Å². The van der Waals surface area contributed by atoms with Crippen molar-refractivity contribution in [2.45, 2.75) is 25.6 Å². The first kappa shape index (κ1) is 26.7. The van der Waals surface area contributed by atoms with Gasteiger partial charge in [0.05, 0.1) is 22.8 Å². The fourth-order valence-corrected chi connectivity index (χ4v) is 4.73. The van der Waals surface area contributed by atoms with Crippen LogP contribution in [-0.4, -0.2) is 51.4 Å². The van der Waals surface area contributed by atoms with Crippen LogP contribution in [0.3, 0.4) is 0 Å². The van der Waals surface area contributed by atoms with E-state index in [4.69, 9.17) is 17.3 Å². The number of thiazole rings is 1. The number of nitrogens with zero attached hydrogens (tertiary/aromatic N) is 5. The van der Waals surface area contributed by atoms with Crippen molar-refractivity contribution >= 4 is 46.4 Å². The maximum atomic E-state index is 13.1. The third-order valence-electron chi connectivity index (χ3n) is 5.70. The van der Waals surface area contributed by atoms with Crippen LogP contribution in [0.25, 0.3) is 0 Å². The maximum Gasteiger partial charge on any atom is 0.418 e. The average Bonchev–Trinajstić information content (AvgIpc) is 3.55. The van der Waals surface area contributed by atoms with E-state index in [1.54, 1.807) is 13.0 Å². The van der Waals surface area contributed by atoms with Gasteiger partial charge in [-0.1, -0.05) is 11.6 Å². The largest absolute Gasteiger partial charge is 0.418 e. The molecule has 1 aliphatic heterocycles. The molecule has 2 atom stereocenters. The van der Waals surface area contributed by atoms with E-state index < -0.39 is 34.6 Å². The van der Waals surface area contributed by atoms with Crippen molar-refractivity contribution in [3.05, 3.63) is 57.0 Å². The van der Waals surface area contributed by atoms with Crippen LogP contribution in [0, 0.1) is 5.92 Å². The fraction of sp³-hybridized carbons (Fsp3) is 0.364. The van der Waals surface area contributed by atoms with Gasteiger partial charge in [0.1, 0.15) is 33.5 Å². The predicted octanol–water partition coefficient (Wildman–Crippen LogP) is 3.53. The number of pyridine rings is 1. The number of nitrogens with one attached hydrogen (secondary N) is 2. The van der Waals surface area contributed by atoms with Crippen LogP contribution in [0.4, 0.5) is 24.8 Å². The highest BCUT2D eigenvalue weighted by Crippen LogP contribution is 2.35. The quantitative estimate of drug-likeness (QED) is 0.403. The lowest BCUT2D eigenvalue weighted by Gasteiger charge is -2.18. The summed E-state index contributed by atoms with van der Waals surface area (Å²) in [5.41, 5.74) is 4.81. The van der Waals surface area contributed by atoms with Gasteiger partial charge in [-0.25, -0.2) is 19.9 Å². The van der Waals surface area contributed by atoms with Gasteiger partial charge in [-0.15, -0.1) is 11.3 Å². The second-order valence-electron chi connectivity index (χ2n) is 8.36. The lowest BCUT2D eigenvalue weighted by molar-refractivity contribution is -0.137. The number of amides is 2. The van der Waals surface area contributed by atoms with Crippen LogP contribution in [0.2, 0.25) is 5.02 Å². The van der Waals surface area contributed by atoms with Crippen molar-refractivity contribution < 1.29 is 22.8 Å². The molecule has 0 radical (unpaired) electrons. The van der Waals surface area contributed by atoms with Gasteiger partial charge in [0, 0.05) is 25.4 Å². The van der Waals surface area contributed by atoms with Gasteiger partial charge in [0.2, 0.25) is 0 Å². The van der Waals surface area contributed by atoms with E-state index in [0.29, 0.717) is 29.4 Å². The molecule has 0 saturated carbocycles. The number of rotatable bonds is 7. The Morgan fingerprint density at radius 3 is 2.70 bits per heavy atom. The van der Waals surface area contributed by atoms with E-state index in [-0.39, 0.29) is 16.4 Å². The zero-order valence-corrected chi connectivity index (χ0v) is 21.0. The summed E-state index contributed by atoms with van der Waals surface area (Å²) < 4.78 is 39.2. The van der Waals surface area contributed by atoms with Crippen molar-refractivity contribution in [2.75, 3.05) is 29.9 Å². The molecular weight excluding hydrogens is 533 g/mol. The molecule has 1 saturated heterocycles. The van der Waals surface area contributed by atoms with Crippen LogP contribution < -0.4 is 21.3 Å². The first-order chi connectivity index (χ1) is 17.5. The number of hydrogen-bond acceptors (Lipinski definition) is 9. The molecule has 0 bridgehead atoms. The van der Waals surface area contributed by atoms with Gasteiger partial charge < -0.3 is 21.3 Å². The van der Waals surface area contributed by atoms with E-state index >= 15 is 0 Å². The van der Waals surface area contributed by atoms with Crippen molar-refractivity contribution in [2.24, 2.45) is 11.7 Å². The molecule has 1 fully saturated rings. The topological polar surface area (TPSA) is 139 Å². The third-order valence-corrected chi connectivity index (χ3v) is 7.18. The second kappa shape index (κ2) is 10.9. The highest BCUT2D eigenvalue weighted by molar-refractivity contribution is 7.13. The number of alkyl halides is 3. The average molecular weight is 555 g/mol. The maximum absolute atomic E-state index is 13.1. The number of nitrogens with two attached hydrogens (primary N) is 1. The van der Waals surface area contributed by atoms with E-state index in [1.807, 2.05) is 0 Å². The molecule has 4 N–H and O–H groups in total. The SMILES string of the molecule is CC(NC(=O)c1cc(N2CCC(CN)C2)ncn1)c1ncc(C(=O)Nc2cc(C(F)(F)F)c(Cl)cn2)s1. The van der Waals surface area contributed by atoms with Gasteiger partial charge in [-0.2, -0.15) is 13.2 Å². The van der Waals surface area contributed by atoms with Crippen LogP contribution in [-0.2, 0) is 6.18 Å². The number of halogens is 4. The Kier molecular flexibility index (Phi) is 7.90. The fourth-order valence-electron chi connectivity index (χ4n) is 3.70. The van der Waals surface area contributed by atoms with E-state index in [9.17, 15) is 22.8 Å². The Balaban J connectivity index is 1.39. The van der Waals surface area contributed by atoms with Crippen LogP contribution in [0.15, 0.2) is 30.9 Å². The second-order valence-corrected chi connectivity index (χ2v) is 9.83. The predicted molar refractivity (Wildman–Crippen MR) is 132 cm³/mol. The standard InChI is InChI=1S/C22H22ClF3N8O2S/c1-11(32-19(35)15-5-18(31-10-30-15)34-3-2-12(6-27)9-34)21-29-8-16(37-21)20(36)33-17-4-13(22(24,25)26)14(23)7-28-17/h4-5,7-8,10-12H,2-3,6,9,27H2,1H3,(H,32,35)(H,28,33,36). The number of hydrogen-bond donors (Lipinski definition) is 3. The first-order valence-electron chi connectivity index (χ1n) is 11.1. The molecule has 0 spiro atoms. The number of aromatic nitrogens is 4. The monoisotopic (exact) mass is 554 g/mol. The van der Waals surface area contributed by atoms with Crippen molar-refractivity contribution in [1.82, 2.24) is 25.3 Å². The van der Waals surface area contributed by atoms with Crippen molar-refractivity contribution in [1.29, 1.82) is 0 Å². The summed E-state index contributed by atoms with van der Waals surface area (Å²) in [5.74, 6) is -0.440. The molecule has 10 nitrogen and oxygen atoms in total. The summed E-state index contributed by atoms with van der Waals surface area (Å²) >= 11 is 6.54. The zero-order valence-electron chi connectivity index (χ0n) is 19.4. The van der Waals surface area contributed by atoms with Gasteiger partial charge >= 0.3 is 6.18 Å². The van der Waals surface area contributed by atoms with E-state index in [1.165, 1.54) is 12.5 Å². The lowest BCUT2D eigenvalue weighted by Crippen LogP contribution is -2.28. The minimum atomic E-state index is -4.70. The minimum absolute atomic E-state index is 0.120. The molecule has 4 rings (SSSR count). The Morgan fingerprint density at radius 2 is 2.00 bits per heavy atom. The summed E-state index contributed by atoms with van der Waals surface area (Å²) in [7, 11) is 0. The molecule has 2 unspecified atom stereocenters. The van der Waals surface area contributed by atoms with Gasteiger partial charge in [0.25, 0.3) is 11.8 Å². The Hall–Kier alpha value is -3.36. The normalized spacial score (nSPS) is 16.5. The van der Waals surface area contributed by atoms with E-state index in [2.05, 4.69) is 35.5 Å². The molecule has 0 aromatic carbocycles. The molecular formula is C22H22ClF3N8O2S. The molecule has 196 valence electrons. The number of anilines is 2. The molecule has 2 amide bonds. The molecule has 3 aromatic heterocycles.